The van der Waals surface area contributed by atoms with Gasteiger partial charge in [-0.05, 0) is 32.0 Å². The van der Waals surface area contributed by atoms with Crippen LogP contribution in [-0.4, -0.2) is 38.8 Å². The predicted octanol–water partition coefficient (Wildman–Crippen LogP) is 2.04. The summed E-state index contributed by atoms with van der Waals surface area (Å²) in [6.07, 6.45) is 2.15. The van der Waals surface area contributed by atoms with Gasteiger partial charge in [0.1, 0.15) is 0 Å². The highest BCUT2D eigenvalue weighted by molar-refractivity contribution is 5.18. The molecule has 1 aromatic rings. The molecule has 17 heavy (non-hydrogen) atoms. The number of methoxy groups -OCH3 is 1. The highest BCUT2D eigenvalue weighted by Crippen LogP contribution is 2.14. The molecule has 0 aliphatic carbocycles. The van der Waals surface area contributed by atoms with Crippen LogP contribution < -0.4 is 5.73 Å². The maximum absolute atomic E-state index is 6.14. The number of hydrogen-bond acceptors (Lipinski definition) is 3. The van der Waals surface area contributed by atoms with Crippen molar-refractivity contribution in [3.63, 3.8) is 0 Å². The van der Waals surface area contributed by atoms with Gasteiger partial charge in [0.05, 0.1) is 6.61 Å². The number of hydrogen-bond donors (Lipinski definition) is 1. The lowest BCUT2D eigenvalue weighted by Crippen LogP contribution is -2.24. The molecular weight excluding hydrogens is 212 g/mol. The SMILES string of the molecule is COCCN(C)CCCC(N)c1ccccc1. The summed E-state index contributed by atoms with van der Waals surface area (Å²) in [5, 5.41) is 0. The standard InChI is InChI=1S/C14H24N2O/c1-16(11-12-17-2)10-6-9-14(15)13-7-4-3-5-8-13/h3-5,7-8,14H,6,9-12,15H2,1-2H3. The largest absolute Gasteiger partial charge is 0.383 e. The Balaban J connectivity index is 2.18. The summed E-state index contributed by atoms with van der Waals surface area (Å²) in [5.41, 5.74) is 7.37. The van der Waals surface area contributed by atoms with Crippen LogP contribution in [-0.2, 0) is 4.74 Å². The Bertz CT molecular complexity index is 290. The van der Waals surface area contributed by atoms with Crippen LogP contribution in [0.2, 0.25) is 0 Å². The van der Waals surface area contributed by atoms with E-state index in [1.165, 1.54) is 5.56 Å². The Morgan fingerprint density at radius 1 is 1.24 bits per heavy atom. The van der Waals surface area contributed by atoms with Crippen molar-refractivity contribution in [3.05, 3.63) is 35.9 Å². The monoisotopic (exact) mass is 236 g/mol. The van der Waals surface area contributed by atoms with Gasteiger partial charge < -0.3 is 15.4 Å². The first-order chi connectivity index (χ1) is 8.24. The highest BCUT2D eigenvalue weighted by atomic mass is 16.5. The van der Waals surface area contributed by atoms with Gasteiger partial charge in [-0.15, -0.1) is 0 Å². The Kier molecular flexibility index (Phi) is 6.86. The molecular formula is C14H24N2O. The maximum Gasteiger partial charge on any atom is 0.0589 e. The Morgan fingerprint density at radius 3 is 2.59 bits per heavy atom. The second-order valence-corrected chi connectivity index (χ2v) is 4.46. The zero-order valence-corrected chi connectivity index (χ0v) is 10.9. The van der Waals surface area contributed by atoms with E-state index in [4.69, 9.17) is 10.5 Å². The highest BCUT2D eigenvalue weighted by Gasteiger charge is 2.05. The lowest BCUT2D eigenvalue weighted by molar-refractivity contribution is 0.160. The van der Waals surface area contributed by atoms with Gasteiger partial charge in [-0.2, -0.15) is 0 Å². The Labute approximate surface area is 105 Å². The third-order valence-electron chi connectivity index (χ3n) is 2.96. The minimum Gasteiger partial charge on any atom is -0.383 e. The number of nitrogens with zero attached hydrogens (tertiary/aromatic N) is 1. The van der Waals surface area contributed by atoms with E-state index in [0.717, 1.165) is 32.5 Å². The molecule has 0 radical (unpaired) electrons. The molecule has 2 N–H and O–H groups in total. The van der Waals surface area contributed by atoms with Gasteiger partial charge in [-0.3, -0.25) is 0 Å². The smallest absolute Gasteiger partial charge is 0.0589 e. The Hall–Kier alpha value is -0.900. The molecule has 0 aromatic heterocycles. The van der Waals surface area contributed by atoms with E-state index in [1.807, 2.05) is 18.2 Å². The molecule has 3 heteroatoms. The Morgan fingerprint density at radius 2 is 1.94 bits per heavy atom. The minimum absolute atomic E-state index is 0.159. The van der Waals surface area contributed by atoms with E-state index >= 15 is 0 Å². The first-order valence-corrected chi connectivity index (χ1v) is 6.22. The summed E-state index contributed by atoms with van der Waals surface area (Å²) in [6.45, 7) is 2.85. The molecule has 0 aliphatic heterocycles. The van der Waals surface area contributed by atoms with Crippen LogP contribution in [0.5, 0.6) is 0 Å². The van der Waals surface area contributed by atoms with Gasteiger partial charge in [0, 0.05) is 19.7 Å². The van der Waals surface area contributed by atoms with Crippen molar-refractivity contribution in [1.82, 2.24) is 4.90 Å². The van der Waals surface area contributed by atoms with Crippen molar-refractivity contribution in [3.8, 4) is 0 Å². The molecule has 1 atom stereocenters. The molecule has 1 rings (SSSR count). The van der Waals surface area contributed by atoms with Crippen molar-refractivity contribution in [2.24, 2.45) is 5.73 Å². The molecule has 96 valence electrons. The summed E-state index contributed by atoms with van der Waals surface area (Å²) in [7, 11) is 3.85. The molecule has 0 bridgehead atoms. The van der Waals surface area contributed by atoms with Crippen LogP contribution in [0.3, 0.4) is 0 Å². The van der Waals surface area contributed by atoms with Crippen LogP contribution in [0.1, 0.15) is 24.4 Å². The van der Waals surface area contributed by atoms with Crippen LogP contribution in [0, 0.1) is 0 Å². The van der Waals surface area contributed by atoms with E-state index in [2.05, 4.69) is 24.1 Å². The first-order valence-electron chi connectivity index (χ1n) is 6.22. The maximum atomic E-state index is 6.14. The molecule has 1 unspecified atom stereocenters. The number of benzene rings is 1. The lowest BCUT2D eigenvalue weighted by atomic mass is 10.0. The van der Waals surface area contributed by atoms with Crippen LogP contribution in [0.15, 0.2) is 30.3 Å². The summed E-state index contributed by atoms with van der Waals surface area (Å²) in [4.78, 5) is 2.28. The third kappa shape index (κ3) is 5.82. The zero-order chi connectivity index (χ0) is 12.5. The average Bonchev–Trinajstić information content (AvgIpc) is 2.37. The minimum atomic E-state index is 0.159. The van der Waals surface area contributed by atoms with Crippen molar-refractivity contribution in [1.29, 1.82) is 0 Å². The van der Waals surface area contributed by atoms with E-state index in [9.17, 15) is 0 Å². The predicted molar refractivity (Wildman–Crippen MR) is 72.0 cm³/mol. The van der Waals surface area contributed by atoms with Gasteiger partial charge in [-0.1, -0.05) is 30.3 Å². The molecule has 3 nitrogen and oxygen atoms in total. The summed E-state index contributed by atoms with van der Waals surface area (Å²) < 4.78 is 5.04. The quantitative estimate of drug-likeness (QED) is 0.750. The van der Waals surface area contributed by atoms with Gasteiger partial charge in [0.25, 0.3) is 0 Å². The van der Waals surface area contributed by atoms with Crippen LogP contribution in [0.4, 0.5) is 0 Å². The van der Waals surface area contributed by atoms with Crippen molar-refractivity contribution < 1.29 is 4.74 Å². The summed E-state index contributed by atoms with van der Waals surface area (Å²) >= 11 is 0. The van der Waals surface area contributed by atoms with Crippen molar-refractivity contribution >= 4 is 0 Å². The van der Waals surface area contributed by atoms with Gasteiger partial charge in [-0.25, -0.2) is 0 Å². The lowest BCUT2D eigenvalue weighted by Gasteiger charge is -2.17. The summed E-state index contributed by atoms with van der Waals surface area (Å²) in [5.74, 6) is 0. The second kappa shape index (κ2) is 8.23. The fourth-order valence-electron chi connectivity index (χ4n) is 1.81. The molecule has 0 saturated heterocycles. The second-order valence-electron chi connectivity index (χ2n) is 4.46. The van der Waals surface area contributed by atoms with E-state index in [-0.39, 0.29) is 6.04 Å². The molecule has 0 spiro atoms. The van der Waals surface area contributed by atoms with Crippen molar-refractivity contribution in [2.75, 3.05) is 33.9 Å². The fraction of sp³-hybridized carbons (Fsp3) is 0.571. The average molecular weight is 236 g/mol. The molecule has 0 aliphatic rings. The molecule has 0 heterocycles. The number of nitrogens with two attached hydrogens (primary N) is 1. The van der Waals surface area contributed by atoms with E-state index in [0.29, 0.717) is 0 Å². The third-order valence-corrected chi connectivity index (χ3v) is 2.96. The fourth-order valence-corrected chi connectivity index (χ4v) is 1.81. The van der Waals surface area contributed by atoms with E-state index in [1.54, 1.807) is 7.11 Å². The van der Waals surface area contributed by atoms with Crippen molar-refractivity contribution in [2.45, 2.75) is 18.9 Å². The molecule has 0 fully saturated rings. The summed E-state index contributed by atoms with van der Waals surface area (Å²) in [6, 6.07) is 10.5. The number of rotatable bonds is 8. The molecule has 1 aromatic carbocycles. The molecule has 0 amide bonds. The molecule has 0 saturated carbocycles. The first kappa shape index (κ1) is 14.2. The number of likely N-dealkylation sites (N-methyl/N-ethyl adjacent to an activating group) is 1. The topological polar surface area (TPSA) is 38.5 Å². The normalized spacial score (nSPS) is 12.9. The van der Waals surface area contributed by atoms with E-state index < -0.39 is 0 Å². The van der Waals surface area contributed by atoms with Crippen LogP contribution >= 0.6 is 0 Å². The van der Waals surface area contributed by atoms with Gasteiger partial charge >= 0.3 is 0 Å². The zero-order valence-electron chi connectivity index (χ0n) is 10.9. The van der Waals surface area contributed by atoms with Crippen LogP contribution in [0.25, 0.3) is 0 Å². The van der Waals surface area contributed by atoms with Gasteiger partial charge in [0.2, 0.25) is 0 Å². The van der Waals surface area contributed by atoms with Gasteiger partial charge in [0.15, 0.2) is 0 Å². The number of ether oxygens (including phenoxy) is 1.